The van der Waals surface area contributed by atoms with Crippen molar-refractivity contribution < 1.29 is 9.90 Å². The van der Waals surface area contributed by atoms with E-state index in [1.165, 1.54) is 29.5 Å². The first kappa shape index (κ1) is 16.1. The Hall–Kier alpha value is -1.39. The van der Waals surface area contributed by atoms with Crippen LogP contribution in [0.1, 0.15) is 42.4 Å². The van der Waals surface area contributed by atoms with Crippen LogP contribution in [0.15, 0.2) is 18.2 Å². The van der Waals surface area contributed by atoms with E-state index in [2.05, 4.69) is 30.0 Å². The molecule has 0 unspecified atom stereocenters. The predicted molar refractivity (Wildman–Crippen MR) is 93.7 cm³/mol. The molecule has 4 rings (SSSR count). The largest absolute Gasteiger partial charge is 0.396 e. The van der Waals surface area contributed by atoms with E-state index >= 15 is 0 Å². The molecule has 3 atom stereocenters. The highest BCUT2D eigenvalue weighted by atomic mass is 16.3. The van der Waals surface area contributed by atoms with Crippen molar-refractivity contribution in [3.63, 3.8) is 0 Å². The fourth-order valence-electron chi connectivity index (χ4n) is 5.26. The summed E-state index contributed by atoms with van der Waals surface area (Å²) in [5.41, 5.74) is 9.20. The van der Waals surface area contributed by atoms with Crippen molar-refractivity contribution in [3.05, 3.63) is 34.9 Å². The van der Waals surface area contributed by atoms with Gasteiger partial charge >= 0.3 is 0 Å². The number of aliphatic hydroxyl groups excluding tert-OH is 1. The molecule has 130 valence electrons. The zero-order chi connectivity index (χ0) is 16.9. The number of amides is 1. The third-order valence-corrected chi connectivity index (χ3v) is 6.60. The Kier molecular flexibility index (Phi) is 3.92. The average Bonchev–Trinajstić information content (AvgIpc) is 3.34. The quantitative estimate of drug-likeness (QED) is 0.865. The topological polar surface area (TPSA) is 66.6 Å². The van der Waals surface area contributed by atoms with Gasteiger partial charge in [-0.3, -0.25) is 9.69 Å². The maximum atomic E-state index is 11.9. The summed E-state index contributed by atoms with van der Waals surface area (Å²) in [5.74, 6) is 0.691. The summed E-state index contributed by atoms with van der Waals surface area (Å²) in [4.78, 5) is 14.5. The number of nitrogens with two attached hydrogens (primary N) is 1. The Labute approximate surface area is 144 Å². The van der Waals surface area contributed by atoms with E-state index in [1.54, 1.807) is 0 Å². The molecule has 1 amide bonds. The van der Waals surface area contributed by atoms with Crippen LogP contribution >= 0.6 is 0 Å². The summed E-state index contributed by atoms with van der Waals surface area (Å²) in [6.07, 6.45) is 4.93. The zero-order valence-electron chi connectivity index (χ0n) is 14.5. The first-order valence-corrected chi connectivity index (χ1v) is 9.27. The SMILES string of the molecule is Cc1ccc2c(c1)[C@]1(CC(N)=O)CCN(CC3CC3)[C@H](C2)[C@@H]1CO. The Bertz CT molecular complexity index is 655. The van der Waals surface area contributed by atoms with E-state index in [1.807, 2.05) is 0 Å². The van der Waals surface area contributed by atoms with Crippen LogP contribution < -0.4 is 5.73 Å². The van der Waals surface area contributed by atoms with Crippen LogP contribution in [0.4, 0.5) is 0 Å². The molecule has 1 heterocycles. The van der Waals surface area contributed by atoms with Crippen molar-refractivity contribution in [1.29, 1.82) is 0 Å². The zero-order valence-corrected chi connectivity index (χ0v) is 14.5. The molecular formula is C20H28N2O2. The average molecular weight is 328 g/mol. The third-order valence-electron chi connectivity index (χ3n) is 6.60. The number of aryl methyl sites for hydroxylation is 1. The summed E-state index contributed by atoms with van der Waals surface area (Å²) in [6, 6.07) is 6.95. The molecule has 24 heavy (non-hydrogen) atoms. The van der Waals surface area contributed by atoms with Gasteiger partial charge in [0, 0.05) is 36.9 Å². The van der Waals surface area contributed by atoms with Crippen molar-refractivity contribution in [2.24, 2.45) is 17.6 Å². The van der Waals surface area contributed by atoms with Gasteiger partial charge in [-0.2, -0.15) is 0 Å². The number of carbonyl (C=O) groups is 1. The van der Waals surface area contributed by atoms with Crippen LogP contribution in [0.5, 0.6) is 0 Å². The summed E-state index contributed by atoms with van der Waals surface area (Å²) < 4.78 is 0. The molecule has 0 radical (unpaired) electrons. The Morgan fingerprint density at radius 3 is 2.88 bits per heavy atom. The van der Waals surface area contributed by atoms with Crippen molar-refractivity contribution in [3.8, 4) is 0 Å². The molecule has 3 aliphatic rings. The van der Waals surface area contributed by atoms with Crippen LogP contribution in [0, 0.1) is 18.8 Å². The normalized spacial score (nSPS) is 32.4. The van der Waals surface area contributed by atoms with Gasteiger partial charge in [-0.05, 0) is 56.2 Å². The Morgan fingerprint density at radius 1 is 1.42 bits per heavy atom. The van der Waals surface area contributed by atoms with E-state index in [4.69, 9.17) is 5.73 Å². The van der Waals surface area contributed by atoms with Crippen LogP contribution in [-0.4, -0.2) is 41.7 Å². The van der Waals surface area contributed by atoms with E-state index in [0.717, 1.165) is 31.8 Å². The second kappa shape index (κ2) is 5.85. The lowest BCUT2D eigenvalue weighted by Gasteiger charge is -2.56. The molecule has 2 aliphatic carbocycles. The fourth-order valence-corrected chi connectivity index (χ4v) is 5.26. The molecule has 3 N–H and O–H groups in total. The Morgan fingerprint density at radius 2 is 2.21 bits per heavy atom. The van der Waals surface area contributed by atoms with Gasteiger partial charge in [0.15, 0.2) is 0 Å². The number of hydrogen-bond acceptors (Lipinski definition) is 3. The maximum absolute atomic E-state index is 11.9. The van der Waals surface area contributed by atoms with E-state index < -0.39 is 0 Å². The number of nitrogens with zero attached hydrogens (tertiary/aromatic N) is 1. The van der Waals surface area contributed by atoms with Crippen LogP contribution in [0.25, 0.3) is 0 Å². The number of benzene rings is 1. The van der Waals surface area contributed by atoms with Gasteiger partial charge in [-0.1, -0.05) is 23.8 Å². The highest BCUT2D eigenvalue weighted by molar-refractivity contribution is 5.76. The van der Waals surface area contributed by atoms with Crippen LogP contribution in [0.2, 0.25) is 0 Å². The van der Waals surface area contributed by atoms with Gasteiger partial charge in [0.25, 0.3) is 0 Å². The summed E-state index contributed by atoms with van der Waals surface area (Å²) >= 11 is 0. The molecule has 1 aromatic rings. The molecule has 2 fully saturated rings. The number of fused-ring (bicyclic) bond motifs is 4. The maximum Gasteiger partial charge on any atom is 0.218 e. The van der Waals surface area contributed by atoms with Gasteiger partial charge in [0.05, 0.1) is 0 Å². The van der Waals surface area contributed by atoms with Gasteiger partial charge in [0.1, 0.15) is 0 Å². The minimum absolute atomic E-state index is 0.104. The van der Waals surface area contributed by atoms with Crippen molar-refractivity contribution >= 4 is 5.91 Å². The number of aliphatic hydroxyl groups is 1. The fraction of sp³-hybridized carbons (Fsp3) is 0.650. The lowest BCUT2D eigenvalue weighted by molar-refractivity contribution is -0.122. The number of carbonyl (C=O) groups excluding carboxylic acids is 1. The first-order valence-electron chi connectivity index (χ1n) is 9.27. The molecular weight excluding hydrogens is 300 g/mol. The van der Waals surface area contributed by atoms with Gasteiger partial charge < -0.3 is 10.8 Å². The molecule has 1 saturated heterocycles. The lowest BCUT2D eigenvalue weighted by atomic mass is 9.56. The Balaban J connectivity index is 1.78. The van der Waals surface area contributed by atoms with Crippen LogP contribution in [-0.2, 0) is 16.6 Å². The van der Waals surface area contributed by atoms with Crippen molar-refractivity contribution in [2.45, 2.75) is 50.5 Å². The van der Waals surface area contributed by atoms with Crippen molar-refractivity contribution in [2.75, 3.05) is 19.7 Å². The van der Waals surface area contributed by atoms with Crippen molar-refractivity contribution in [1.82, 2.24) is 4.90 Å². The second-order valence-electron chi connectivity index (χ2n) is 8.21. The number of likely N-dealkylation sites (tertiary alicyclic amines) is 1. The molecule has 1 aliphatic heterocycles. The lowest BCUT2D eigenvalue weighted by Crippen LogP contribution is -2.62. The summed E-state index contributed by atoms with van der Waals surface area (Å²) in [5, 5.41) is 10.3. The molecule has 1 saturated carbocycles. The second-order valence-corrected chi connectivity index (χ2v) is 8.21. The molecule has 1 aromatic carbocycles. The number of piperidine rings is 1. The van der Waals surface area contributed by atoms with E-state index in [0.29, 0.717) is 12.5 Å². The molecule has 2 bridgehead atoms. The highest BCUT2D eigenvalue weighted by Gasteiger charge is 2.53. The summed E-state index contributed by atoms with van der Waals surface area (Å²) in [6.45, 7) is 4.39. The van der Waals surface area contributed by atoms with E-state index in [9.17, 15) is 9.90 Å². The van der Waals surface area contributed by atoms with Gasteiger partial charge in [-0.15, -0.1) is 0 Å². The summed E-state index contributed by atoms with van der Waals surface area (Å²) in [7, 11) is 0. The third kappa shape index (κ3) is 2.56. The minimum Gasteiger partial charge on any atom is -0.396 e. The minimum atomic E-state index is -0.287. The first-order chi connectivity index (χ1) is 11.5. The molecule has 4 nitrogen and oxygen atoms in total. The monoisotopic (exact) mass is 328 g/mol. The molecule has 0 aromatic heterocycles. The number of rotatable bonds is 5. The van der Waals surface area contributed by atoms with E-state index in [-0.39, 0.29) is 23.8 Å². The van der Waals surface area contributed by atoms with Gasteiger partial charge in [-0.25, -0.2) is 0 Å². The van der Waals surface area contributed by atoms with Gasteiger partial charge in [0.2, 0.25) is 5.91 Å². The highest BCUT2D eigenvalue weighted by Crippen LogP contribution is 2.51. The smallest absolute Gasteiger partial charge is 0.218 e. The number of primary amides is 1. The molecule has 0 spiro atoms. The number of hydrogen-bond donors (Lipinski definition) is 2. The van der Waals surface area contributed by atoms with Crippen LogP contribution in [0.3, 0.4) is 0 Å². The predicted octanol–water partition coefficient (Wildman–Crippen LogP) is 1.76. The molecule has 4 heteroatoms. The standard InChI is InChI=1S/C20H28N2O2/c1-13-2-5-15-9-18-17(12-23)20(10-19(21)24,16(15)8-13)6-7-22(18)11-14-3-4-14/h2,5,8,14,17-18,23H,3-4,6-7,9-12H2,1H3,(H2,21,24)/t17-,18+,20+/m0/s1.